The topological polar surface area (TPSA) is 119 Å². The molecule has 2 aromatic carbocycles. The lowest BCUT2D eigenvalue weighted by molar-refractivity contribution is -0.129. The molecule has 0 atom stereocenters. The molecule has 148 valence electrons. The number of nitrogens with one attached hydrogen (secondary N) is 2. The van der Waals surface area contributed by atoms with Crippen LogP contribution in [0.2, 0.25) is 0 Å². The van der Waals surface area contributed by atoms with Gasteiger partial charge in [0.15, 0.2) is 5.88 Å². The fourth-order valence-corrected chi connectivity index (χ4v) is 3.32. The van der Waals surface area contributed by atoms with Crippen LogP contribution in [0.15, 0.2) is 58.7 Å². The van der Waals surface area contributed by atoms with Crippen LogP contribution in [-0.4, -0.2) is 39.2 Å². The van der Waals surface area contributed by atoms with Gasteiger partial charge in [-0.2, -0.15) is 0 Å². The molecule has 0 radical (unpaired) electrons. The van der Waals surface area contributed by atoms with Crippen LogP contribution in [-0.2, 0) is 9.63 Å². The van der Waals surface area contributed by atoms with Gasteiger partial charge in [0, 0.05) is 22.9 Å². The molecule has 1 aliphatic rings. The minimum absolute atomic E-state index is 0.0282. The molecule has 0 bridgehead atoms. The number of carbonyl (C=O) groups is 1. The first-order valence-corrected chi connectivity index (χ1v) is 9.30. The fourth-order valence-electron chi connectivity index (χ4n) is 3.32. The van der Waals surface area contributed by atoms with Crippen LogP contribution in [0.1, 0.15) is 30.4 Å². The van der Waals surface area contributed by atoms with Crippen LogP contribution in [0.4, 0.5) is 5.69 Å². The third-order valence-electron chi connectivity index (χ3n) is 4.71. The smallest absolute Gasteiger partial charge is 0.243 e. The van der Waals surface area contributed by atoms with Gasteiger partial charge in [0.05, 0.1) is 11.3 Å². The van der Waals surface area contributed by atoms with Gasteiger partial charge >= 0.3 is 0 Å². The largest absolute Gasteiger partial charge is 0.494 e. The molecule has 0 fully saturated rings. The number of fused-ring (bicyclic) bond motifs is 2. The molecule has 1 aliphatic heterocycles. The van der Waals surface area contributed by atoms with Crippen molar-refractivity contribution in [2.75, 3.05) is 6.61 Å². The number of para-hydroxylation sites is 2. The Bertz CT molecular complexity index is 1120. The second-order valence-electron chi connectivity index (χ2n) is 6.64. The molecular weight excluding hydrogens is 372 g/mol. The summed E-state index contributed by atoms with van der Waals surface area (Å²) in [7, 11) is 0. The van der Waals surface area contributed by atoms with Crippen LogP contribution in [0, 0.1) is 0 Å². The molecule has 1 aromatic heterocycles. The number of nitrogens with zero attached hydrogens (tertiary/aromatic N) is 2. The van der Waals surface area contributed by atoms with Crippen molar-refractivity contribution in [1.82, 2.24) is 10.5 Å². The van der Waals surface area contributed by atoms with E-state index >= 15 is 0 Å². The zero-order chi connectivity index (χ0) is 20.2. The van der Waals surface area contributed by atoms with Crippen molar-refractivity contribution in [3.8, 4) is 5.88 Å². The van der Waals surface area contributed by atoms with Crippen LogP contribution in [0.3, 0.4) is 0 Å². The number of hydrogen-bond donors (Lipinski definition) is 4. The van der Waals surface area contributed by atoms with Crippen molar-refractivity contribution in [1.29, 1.82) is 0 Å². The minimum atomic E-state index is -0.426. The molecule has 4 rings (SSSR count). The van der Waals surface area contributed by atoms with Gasteiger partial charge in [-0.05, 0) is 25.0 Å². The van der Waals surface area contributed by atoms with Gasteiger partial charge in [-0.15, -0.1) is 0 Å². The van der Waals surface area contributed by atoms with Crippen molar-refractivity contribution in [3.63, 3.8) is 0 Å². The second kappa shape index (κ2) is 8.15. The van der Waals surface area contributed by atoms with E-state index in [2.05, 4.69) is 15.1 Å². The molecule has 0 saturated carbocycles. The molecule has 2 heterocycles. The first-order valence-electron chi connectivity index (χ1n) is 9.30. The number of oxime groups is 1. The third-order valence-corrected chi connectivity index (χ3v) is 4.71. The number of aromatic amines is 1. The number of carbonyl (C=O) groups excluding carboxylic acids is 1. The minimum Gasteiger partial charge on any atom is -0.494 e. The summed E-state index contributed by atoms with van der Waals surface area (Å²) in [5.74, 6) is -0.397. The Morgan fingerprint density at radius 1 is 1.14 bits per heavy atom. The van der Waals surface area contributed by atoms with E-state index in [1.165, 1.54) is 0 Å². The van der Waals surface area contributed by atoms with Gasteiger partial charge in [-0.25, -0.2) is 10.5 Å². The number of benzene rings is 2. The van der Waals surface area contributed by atoms with Gasteiger partial charge < -0.3 is 14.9 Å². The average molecular weight is 392 g/mol. The Labute approximate surface area is 166 Å². The number of rotatable bonds is 7. The maximum Gasteiger partial charge on any atom is 0.243 e. The van der Waals surface area contributed by atoms with E-state index in [1.54, 1.807) is 5.48 Å². The SMILES string of the molecule is O=C(CCCCO/N=C1/C(c2c(O)[nH]c3ccccc23)=Nc2ccccc21)NO. The van der Waals surface area contributed by atoms with E-state index in [4.69, 9.17) is 10.0 Å². The Balaban J connectivity index is 1.59. The van der Waals surface area contributed by atoms with Gasteiger partial charge in [0.2, 0.25) is 5.91 Å². The predicted molar refractivity (Wildman–Crippen MR) is 109 cm³/mol. The van der Waals surface area contributed by atoms with Crippen molar-refractivity contribution in [2.45, 2.75) is 19.3 Å². The summed E-state index contributed by atoms with van der Waals surface area (Å²) in [5, 5.41) is 24.2. The highest BCUT2D eigenvalue weighted by molar-refractivity contribution is 6.58. The first-order chi connectivity index (χ1) is 14.2. The number of amides is 1. The van der Waals surface area contributed by atoms with Crippen molar-refractivity contribution in [3.05, 3.63) is 59.7 Å². The summed E-state index contributed by atoms with van der Waals surface area (Å²) < 4.78 is 0. The Hall–Kier alpha value is -3.65. The molecule has 0 unspecified atom stereocenters. The lowest BCUT2D eigenvalue weighted by Crippen LogP contribution is -2.18. The molecule has 3 aromatic rings. The van der Waals surface area contributed by atoms with Crippen LogP contribution in [0.5, 0.6) is 5.88 Å². The van der Waals surface area contributed by atoms with E-state index in [9.17, 15) is 9.90 Å². The fraction of sp³-hybridized carbons (Fsp3) is 0.190. The maximum atomic E-state index is 11.0. The molecule has 1 amide bonds. The first kappa shape index (κ1) is 18.7. The molecule has 0 spiro atoms. The molecule has 8 nitrogen and oxygen atoms in total. The monoisotopic (exact) mass is 392 g/mol. The Morgan fingerprint density at radius 3 is 2.79 bits per heavy atom. The third kappa shape index (κ3) is 3.70. The summed E-state index contributed by atoms with van der Waals surface area (Å²) >= 11 is 0. The molecule has 8 heteroatoms. The highest BCUT2D eigenvalue weighted by atomic mass is 16.6. The Morgan fingerprint density at radius 2 is 1.93 bits per heavy atom. The maximum absolute atomic E-state index is 11.0. The van der Waals surface area contributed by atoms with Gasteiger partial charge in [0.1, 0.15) is 18.0 Å². The number of H-pyrrole nitrogens is 1. The number of hydroxylamine groups is 1. The second-order valence-corrected chi connectivity index (χ2v) is 6.64. The van der Waals surface area contributed by atoms with Crippen molar-refractivity contribution < 1.29 is 19.9 Å². The summed E-state index contributed by atoms with van der Waals surface area (Å²) in [6.07, 6.45) is 1.39. The number of aromatic nitrogens is 1. The van der Waals surface area contributed by atoms with E-state index < -0.39 is 5.91 Å². The molecule has 0 saturated heterocycles. The zero-order valence-corrected chi connectivity index (χ0v) is 15.6. The van der Waals surface area contributed by atoms with E-state index in [-0.39, 0.29) is 12.3 Å². The molecule has 0 aliphatic carbocycles. The number of hydrogen-bond acceptors (Lipinski definition) is 6. The van der Waals surface area contributed by atoms with E-state index in [0.717, 1.165) is 22.2 Å². The quantitative estimate of drug-likeness (QED) is 0.280. The summed E-state index contributed by atoms with van der Waals surface area (Å²) in [6.45, 7) is 0.317. The summed E-state index contributed by atoms with van der Waals surface area (Å²) in [5.41, 5.74) is 5.67. The van der Waals surface area contributed by atoms with Gasteiger partial charge in [-0.1, -0.05) is 41.6 Å². The van der Waals surface area contributed by atoms with E-state index in [0.29, 0.717) is 36.4 Å². The molecule has 4 N–H and O–H groups in total. The van der Waals surface area contributed by atoms with Crippen molar-refractivity contribution in [2.24, 2.45) is 10.1 Å². The number of aromatic hydroxyl groups is 1. The standard InChI is InChI=1S/C21H20N4O4/c26-17(24-28)11-5-6-12-29-25-19-14-8-2-4-10-16(14)22-20(19)18-13-7-1-3-9-15(13)23-21(18)27/h1-4,7-10,23,27-28H,5-6,11-12H2,(H,24,26)/b25-19+. The summed E-state index contributed by atoms with van der Waals surface area (Å²) in [6, 6.07) is 15.2. The van der Waals surface area contributed by atoms with Crippen molar-refractivity contribution >= 4 is 33.9 Å². The average Bonchev–Trinajstić information content (AvgIpc) is 3.26. The Kier molecular flexibility index (Phi) is 5.26. The van der Waals surface area contributed by atoms with Gasteiger partial charge in [0.25, 0.3) is 0 Å². The normalized spacial score (nSPS) is 14.1. The lowest BCUT2D eigenvalue weighted by atomic mass is 10.0. The van der Waals surface area contributed by atoms with Crippen LogP contribution >= 0.6 is 0 Å². The lowest BCUT2D eigenvalue weighted by Gasteiger charge is -2.05. The summed E-state index contributed by atoms with van der Waals surface area (Å²) in [4.78, 5) is 24.2. The van der Waals surface area contributed by atoms with Crippen LogP contribution in [0.25, 0.3) is 10.9 Å². The highest BCUT2D eigenvalue weighted by Crippen LogP contribution is 2.35. The zero-order valence-electron chi connectivity index (χ0n) is 15.6. The van der Waals surface area contributed by atoms with Crippen LogP contribution < -0.4 is 5.48 Å². The number of unbranched alkanes of at least 4 members (excludes halogenated alkanes) is 1. The van der Waals surface area contributed by atoms with Gasteiger partial charge in [-0.3, -0.25) is 10.0 Å². The molecular formula is C21H20N4O4. The molecule has 29 heavy (non-hydrogen) atoms. The predicted octanol–water partition coefficient (Wildman–Crippen LogP) is 3.40. The van der Waals surface area contributed by atoms with E-state index in [1.807, 2.05) is 48.5 Å². The number of aliphatic imine (C=N–C) groups is 1. The highest BCUT2D eigenvalue weighted by Gasteiger charge is 2.29.